The summed E-state index contributed by atoms with van der Waals surface area (Å²) in [6.45, 7) is 0. The summed E-state index contributed by atoms with van der Waals surface area (Å²) in [4.78, 5) is 13.6. The highest BCUT2D eigenvalue weighted by molar-refractivity contribution is 6.42. The van der Waals surface area contributed by atoms with Gasteiger partial charge in [0, 0.05) is 20.2 Å². The number of nitrogens with zero attached hydrogens (tertiary/aromatic N) is 2. The molecule has 0 aliphatic heterocycles. The van der Waals surface area contributed by atoms with Crippen LogP contribution in [0.5, 0.6) is 0 Å². The third-order valence-electron chi connectivity index (χ3n) is 2.78. The number of hydrazone groups is 1. The predicted molar refractivity (Wildman–Crippen MR) is 88.9 cm³/mol. The Kier molecular flexibility index (Phi) is 5.46. The van der Waals surface area contributed by atoms with Crippen LogP contribution in [0.3, 0.4) is 0 Å². The average Bonchev–Trinajstić information content (AvgIpc) is 2.92. The molecule has 1 aromatic heterocycles. The summed E-state index contributed by atoms with van der Waals surface area (Å²) in [5.74, 6) is 1.01. The number of anilines is 1. The summed E-state index contributed by atoms with van der Waals surface area (Å²) >= 11 is 11.7. The maximum Gasteiger partial charge on any atom is 0.244 e. The third kappa shape index (κ3) is 4.51. The molecule has 0 aliphatic carbocycles. The monoisotopic (exact) mass is 339 g/mol. The maximum atomic E-state index is 11.8. The molecule has 22 heavy (non-hydrogen) atoms. The standard InChI is InChI=1S/C15H15Cl2N3O2/c1-20(2)15-6-4-11(22-15)9-18-19-14(21)8-10-3-5-12(16)13(17)7-10/h3-7,9H,8H2,1-2H3,(H,19,21). The molecule has 0 spiro atoms. The maximum absolute atomic E-state index is 11.8. The van der Waals surface area contributed by atoms with E-state index in [2.05, 4.69) is 10.5 Å². The number of carbonyl (C=O) groups excluding carboxylic acids is 1. The highest BCUT2D eigenvalue weighted by Crippen LogP contribution is 2.22. The van der Waals surface area contributed by atoms with Gasteiger partial charge in [0.25, 0.3) is 0 Å². The Morgan fingerprint density at radius 2 is 2.05 bits per heavy atom. The van der Waals surface area contributed by atoms with Gasteiger partial charge in [-0.05, 0) is 23.8 Å². The Hall–Kier alpha value is -1.98. The molecule has 0 bridgehead atoms. The number of hydrogen-bond acceptors (Lipinski definition) is 4. The van der Waals surface area contributed by atoms with Crippen molar-refractivity contribution in [1.29, 1.82) is 0 Å². The highest BCUT2D eigenvalue weighted by atomic mass is 35.5. The first-order valence-corrected chi connectivity index (χ1v) is 7.24. The minimum atomic E-state index is -0.256. The van der Waals surface area contributed by atoms with Crippen molar-refractivity contribution in [2.45, 2.75) is 6.42 Å². The van der Waals surface area contributed by atoms with Crippen LogP contribution in [0.25, 0.3) is 0 Å². The van der Waals surface area contributed by atoms with Crippen molar-refractivity contribution in [1.82, 2.24) is 5.43 Å². The van der Waals surface area contributed by atoms with Crippen LogP contribution in [-0.4, -0.2) is 26.2 Å². The van der Waals surface area contributed by atoms with Crippen molar-refractivity contribution in [3.05, 3.63) is 51.7 Å². The lowest BCUT2D eigenvalue weighted by atomic mass is 10.1. The second-order valence-corrected chi connectivity index (χ2v) is 5.60. The number of carbonyl (C=O) groups is 1. The van der Waals surface area contributed by atoms with Crippen LogP contribution in [0.1, 0.15) is 11.3 Å². The molecular formula is C15H15Cl2N3O2. The summed E-state index contributed by atoms with van der Waals surface area (Å²) in [5.41, 5.74) is 3.19. The molecule has 7 heteroatoms. The molecule has 1 amide bonds. The van der Waals surface area contributed by atoms with E-state index in [0.717, 1.165) is 5.56 Å². The van der Waals surface area contributed by atoms with Crippen LogP contribution < -0.4 is 10.3 Å². The van der Waals surface area contributed by atoms with Gasteiger partial charge in [-0.2, -0.15) is 5.10 Å². The summed E-state index contributed by atoms with van der Waals surface area (Å²) in [5, 5.41) is 4.73. The molecule has 2 rings (SSSR count). The first-order chi connectivity index (χ1) is 10.5. The van der Waals surface area contributed by atoms with E-state index in [-0.39, 0.29) is 12.3 Å². The lowest BCUT2D eigenvalue weighted by Crippen LogP contribution is -2.19. The van der Waals surface area contributed by atoms with Crippen LogP contribution in [-0.2, 0) is 11.2 Å². The summed E-state index contributed by atoms with van der Waals surface area (Å²) < 4.78 is 5.47. The van der Waals surface area contributed by atoms with E-state index in [4.69, 9.17) is 27.6 Å². The Labute approximate surface area is 138 Å². The van der Waals surface area contributed by atoms with E-state index in [1.54, 1.807) is 24.3 Å². The fourth-order valence-corrected chi connectivity index (χ4v) is 2.02. The molecule has 0 fully saturated rings. The number of furan rings is 1. The molecule has 1 N–H and O–H groups in total. The van der Waals surface area contributed by atoms with Gasteiger partial charge >= 0.3 is 0 Å². The lowest BCUT2D eigenvalue weighted by Gasteiger charge is -2.05. The van der Waals surface area contributed by atoms with Gasteiger partial charge in [-0.15, -0.1) is 0 Å². The molecule has 1 heterocycles. The first kappa shape index (κ1) is 16.4. The molecular weight excluding hydrogens is 325 g/mol. The van der Waals surface area contributed by atoms with Gasteiger partial charge in [-0.3, -0.25) is 4.79 Å². The Morgan fingerprint density at radius 1 is 1.27 bits per heavy atom. The quantitative estimate of drug-likeness (QED) is 0.671. The van der Waals surface area contributed by atoms with Crippen LogP contribution >= 0.6 is 23.2 Å². The number of hydrogen-bond donors (Lipinski definition) is 1. The number of halogens is 2. The smallest absolute Gasteiger partial charge is 0.244 e. The molecule has 0 aliphatic rings. The van der Waals surface area contributed by atoms with Crippen molar-refractivity contribution in [3.8, 4) is 0 Å². The minimum absolute atomic E-state index is 0.162. The lowest BCUT2D eigenvalue weighted by molar-refractivity contribution is -0.120. The zero-order valence-electron chi connectivity index (χ0n) is 12.1. The average molecular weight is 340 g/mol. The molecule has 0 saturated heterocycles. The molecule has 1 aromatic carbocycles. The van der Waals surface area contributed by atoms with Gasteiger partial charge in [0.15, 0.2) is 5.88 Å². The van der Waals surface area contributed by atoms with Gasteiger partial charge in [-0.1, -0.05) is 29.3 Å². The fourth-order valence-electron chi connectivity index (χ4n) is 1.69. The van der Waals surface area contributed by atoms with Gasteiger partial charge < -0.3 is 9.32 Å². The third-order valence-corrected chi connectivity index (χ3v) is 3.52. The van der Waals surface area contributed by atoms with Crippen molar-refractivity contribution < 1.29 is 9.21 Å². The van der Waals surface area contributed by atoms with E-state index in [9.17, 15) is 4.79 Å². The predicted octanol–water partition coefficient (Wildman–Crippen LogP) is 3.35. The minimum Gasteiger partial charge on any atom is -0.440 e. The fraction of sp³-hybridized carbons (Fsp3) is 0.200. The SMILES string of the molecule is CN(C)c1ccc(C=NNC(=O)Cc2ccc(Cl)c(Cl)c2)o1. The molecule has 0 saturated carbocycles. The van der Waals surface area contributed by atoms with Crippen molar-refractivity contribution in [3.63, 3.8) is 0 Å². The van der Waals surface area contributed by atoms with Crippen molar-refractivity contribution >= 4 is 41.2 Å². The molecule has 0 radical (unpaired) electrons. The number of nitrogens with one attached hydrogen (secondary N) is 1. The van der Waals surface area contributed by atoms with E-state index in [0.29, 0.717) is 21.7 Å². The zero-order chi connectivity index (χ0) is 16.1. The topological polar surface area (TPSA) is 57.8 Å². The second kappa shape index (κ2) is 7.33. The van der Waals surface area contributed by atoms with Crippen molar-refractivity contribution in [2.75, 3.05) is 19.0 Å². The van der Waals surface area contributed by atoms with Gasteiger partial charge in [-0.25, -0.2) is 5.43 Å². The van der Waals surface area contributed by atoms with Crippen LogP contribution in [0.2, 0.25) is 10.0 Å². The molecule has 2 aromatic rings. The molecule has 5 nitrogen and oxygen atoms in total. The van der Waals surface area contributed by atoms with Gasteiger partial charge in [0.2, 0.25) is 5.91 Å². The first-order valence-electron chi connectivity index (χ1n) is 6.48. The Balaban J connectivity index is 1.88. The van der Waals surface area contributed by atoms with E-state index in [1.807, 2.05) is 25.1 Å². The number of rotatable bonds is 5. The highest BCUT2D eigenvalue weighted by Gasteiger charge is 2.05. The molecule has 0 unspecified atom stereocenters. The number of amides is 1. The van der Waals surface area contributed by atoms with Crippen LogP contribution in [0.15, 0.2) is 39.9 Å². The largest absolute Gasteiger partial charge is 0.440 e. The molecule has 0 atom stereocenters. The summed E-state index contributed by atoms with van der Waals surface area (Å²) in [6.07, 6.45) is 1.61. The zero-order valence-corrected chi connectivity index (χ0v) is 13.6. The Bertz CT molecular complexity index is 696. The van der Waals surface area contributed by atoms with Crippen LogP contribution in [0.4, 0.5) is 5.88 Å². The summed E-state index contributed by atoms with van der Waals surface area (Å²) in [7, 11) is 3.75. The van der Waals surface area contributed by atoms with Gasteiger partial charge in [0.05, 0.1) is 22.7 Å². The van der Waals surface area contributed by atoms with E-state index >= 15 is 0 Å². The number of benzene rings is 1. The second-order valence-electron chi connectivity index (χ2n) is 4.79. The Morgan fingerprint density at radius 3 is 2.68 bits per heavy atom. The molecule has 116 valence electrons. The van der Waals surface area contributed by atoms with Gasteiger partial charge in [0.1, 0.15) is 5.76 Å². The van der Waals surface area contributed by atoms with Crippen LogP contribution in [0, 0.1) is 0 Å². The van der Waals surface area contributed by atoms with E-state index in [1.165, 1.54) is 6.21 Å². The summed E-state index contributed by atoms with van der Waals surface area (Å²) in [6, 6.07) is 8.64. The van der Waals surface area contributed by atoms with Crippen molar-refractivity contribution in [2.24, 2.45) is 5.10 Å². The van der Waals surface area contributed by atoms with E-state index < -0.39 is 0 Å². The normalized spacial score (nSPS) is 10.9.